The minimum atomic E-state index is -3.42. The van der Waals surface area contributed by atoms with Gasteiger partial charge in [-0.1, -0.05) is 6.08 Å². The molecule has 7 nitrogen and oxygen atoms in total. The molecule has 1 aromatic rings. The third-order valence-electron chi connectivity index (χ3n) is 2.81. The monoisotopic (exact) mass is 308 g/mol. The number of anilines is 1. The molecule has 0 fully saturated rings. The zero-order valence-electron chi connectivity index (χ0n) is 10.9. The first-order chi connectivity index (χ1) is 9.85. The molecule has 0 unspecified atom stereocenters. The van der Waals surface area contributed by atoms with Crippen molar-refractivity contribution in [3.05, 3.63) is 36.9 Å². The number of Topliss-reactive ketones (excluding diaryl/α,β-unsaturated/α-hetero) is 1. The number of aliphatic carboxylic acids is 1. The molecule has 0 saturated carbocycles. The maximum Gasteiger partial charge on any atom is 0.360 e. The largest absolute Gasteiger partial charge is 0.476 e. The molecule has 0 radical (unpaired) electrons. The van der Waals surface area contributed by atoms with E-state index in [-0.39, 0.29) is 17.2 Å². The van der Waals surface area contributed by atoms with Crippen LogP contribution in [0.15, 0.2) is 46.9 Å². The fraction of sp³-hybridized carbons (Fsp3) is 0.154. The van der Waals surface area contributed by atoms with Crippen LogP contribution < -0.4 is 5.01 Å². The van der Waals surface area contributed by atoms with Gasteiger partial charge in [-0.25, -0.2) is 13.2 Å². The van der Waals surface area contributed by atoms with Gasteiger partial charge in [0.1, 0.15) is 6.54 Å². The van der Waals surface area contributed by atoms with Crippen LogP contribution in [0.4, 0.5) is 5.69 Å². The van der Waals surface area contributed by atoms with E-state index in [1.807, 2.05) is 0 Å². The molecule has 0 aliphatic carbocycles. The van der Waals surface area contributed by atoms with Crippen molar-refractivity contribution in [2.24, 2.45) is 5.10 Å². The van der Waals surface area contributed by atoms with Crippen molar-refractivity contribution in [1.29, 1.82) is 0 Å². The Labute approximate surface area is 121 Å². The van der Waals surface area contributed by atoms with Gasteiger partial charge in [0.25, 0.3) is 0 Å². The van der Waals surface area contributed by atoms with E-state index in [1.54, 1.807) is 0 Å². The number of carboxylic acid groups (broad SMARTS) is 1. The quantitative estimate of drug-likeness (QED) is 0.793. The molecule has 1 aliphatic rings. The summed E-state index contributed by atoms with van der Waals surface area (Å²) >= 11 is 0. The van der Waals surface area contributed by atoms with Gasteiger partial charge in [0.15, 0.2) is 9.84 Å². The van der Waals surface area contributed by atoms with E-state index >= 15 is 0 Å². The summed E-state index contributed by atoms with van der Waals surface area (Å²) in [5.41, 5.74) is -0.0875. The van der Waals surface area contributed by atoms with Crippen molar-refractivity contribution < 1.29 is 23.1 Å². The molecule has 21 heavy (non-hydrogen) atoms. The summed E-state index contributed by atoms with van der Waals surface area (Å²) in [5, 5.41) is 13.7. The third kappa shape index (κ3) is 3.00. The number of rotatable bonds is 5. The van der Waals surface area contributed by atoms with Crippen LogP contribution in [0.3, 0.4) is 0 Å². The zero-order valence-corrected chi connectivity index (χ0v) is 11.7. The van der Waals surface area contributed by atoms with Crippen LogP contribution in [-0.4, -0.2) is 43.3 Å². The molecule has 0 spiro atoms. The molecule has 1 aliphatic heterocycles. The second-order valence-corrected chi connectivity index (χ2v) is 6.33. The lowest BCUT2D eigenvalue weighted by atomic mass is 10.2. The molecule has 1 heterocycles. The zero-order chi connectivity index (χ0) is 15.6. The minimum absolute atomic E-state index is 0.124. The minimum Gasteiger partial charge on any atom is -0.476 e. The number of sulfone groups is 1. The topological polar surface area (TPSA) is 104 Å². The second kappa shape index (κ2) is 5.49. The van der Waals surface area contributed by atoms with Crippen molar-refractivity contribution in [2.75, 3.05) is 17.3 Å². The highest BCUT2D eigenvalue weighted by Crippen LogP contribution is 2.21. The van der Waals surface area contributed by atoms with Crippen molar-refractivity contribution in [2.45, 2.75) is 4.90 Å². The maximum atomic E-state index is 11.8. The first-order valence-electron chi connectivity index (χ1n) is 5.91. The highest BCUT2D eigenvalue weighted by Gasteiger charge is 2.30. The van der Waals surface area contributed by atoms with Gasteiger partial charge in [-0.15, -0.1) is 6.58 Å². The number of carbonyl (C=O) groups is 2. The molecule has 0 aromatic heterocycles. The molecule has 0 saturated heterocycles. The number of hydrogen-bond donors (Lipinski definition) is 1. The molecular formula is C13H12N2O5S. The van der Waals surface area contributed by atoms with Crippen LogP contribution in [0.2, 0.25) is 0 Å². The number of benzene rings is 1. The van der Waals surface area contributed by atoms with E-state index in [0.29, 0.717) is 5.69 Å². The van der Waals surface area contributed by atoms with Crippen LogP contribution in [0.1, 0.15) is 0 Å². The summed E-state index contributed by atoms with van der Waals surface area (Å²) in [5.74, 6) is -2.14. The normalized spacial score (nSPS) is 15.0. The smallest absolute Gasteiger partial charge is 0.360 e. The fourth-order valence-corrected chi connectivity index (χ4v) is 2.86. The van der Waals surface area contributed by atoms with Gasteiger partial charge in [0, 0.05) is 0 Å². The molecule has 1 aromatic carbocycles. The van der Waals surface area contributed by atoms with Gasteiger partial charge < -0.3 is 5.11 Å². The van der Waals surface area contributed by atoms with Gasteiger partial charge in [-0.05, 0) is 24.3 Å². The number of carboxylic acids is 1. The highest BCUT2D eigenvalue weighted by atomic mass is 32.2. The Kier molecular flexibility index (Phi) is 3.90. The number of nitrogens with zero attached hydrogens (tertiary/aromatic N) is 2. The van der Waals surface area contributed by atoms with Gasteiger partial charge >= 0.3 is 5.97 Å². The predicted molar refractivity (Wildman–Crippen MR) is 76.1 cm³/mol. The van der Waals surface area contributed by atoms with Crippen LogP contribution in [0.25, 0.3) is 0 Å². The molecule has 0 amide bonds. The van der Waals surface area contributed by atoms with Crippen LogP contribution in [0.5, 0.6) is 0 Å². The van der Waals surface area contributed by atoms with Gasteiger partial charge in [-0.2, -0.15) is 5.10 Å². The third-order valence-corrected chi connectivity index (χ3v) is 4.48. The molecule has 8 heteroatoms. The lowest BCUT2D eigenvalue weighted by Gasteiger charge is -2.12. The maximum absolute atomic E-state index is 11.8. The van der Waals surface area contributed by atoms with Crippen LogP contribution in [-0.2, 0) is 19.4 Å². The Morgan fingerprint density at radius 2 is 2.00 bits per heavy atom. The molecule has 2 rings (SSSR count). The van der Waals surface area contributed by atoms with Crippen molar-refractivity contribution >= 4 is 33.0 Å². The van der Waals surface area contributed by atoms with Crippen molar-refractivity contribution in [3.63, 3.8) is 0 Å². The van der Waals surface area contributed by atoms with Crippen LogP contribution >= 0.6 is 0 Å². The van der Waals surface area contributed by atoms with Crippen LogP contribution in [0, 0.1) is 0 Å². The predicted octanol–water partition coefficient (Wildman–Crippen LogP) is 0.476. The van der Waals surface area contributed by atoms with Crippen molar-refractivity contribution in [1.82, 2.24) is 0 Å². The standard InChI is InChI=1S/C13H12N2O5S/c1-2-7-21(19,20)10-5-3-9(4-6-10)15-8-11(16)12(14-15)13(17)18/h2-6H,1,7-8H2,(H,17,18). The highest BCUT2D eigenvalue weighted by molar-refractivity contribution is 7.91. The van der Waals surface area contributed by atoms with Crippen molar-refractivity contribution in [3.8, 4) is 0 Å². The summed E-state index contributed by atoms with van der Waals surface area (Å²) in [7, 11) is -3.42. The summed E-state index contributed by atoms with van der Waals surface area (Å²) in [4.78, 5) is 22.4. The van der Waals surface area contributed by atoms with E-state index in [9.17, 15) is 18.0 Å². The number of hydrogen-bond acceptors (Lipinski definition) is 6. The van der Waals surface area contributed by atoms with E-state index in [0.717, 1.165) is 0 Å². The molecule has 0 atom stereocenters. The Morgan fingerprint density at radius 1 is 1.38 bits per heavy atom. The Bertz CT molecular complexity index is 734. The first-order valence-corrected chi connectivity index (χ1v) is 7.57. The van der Waals surface area contributed by atoms with E-state index < -0.39 is 27.3 Å². The summed E-state index contributed by atoms with van der Waals surface area (Å²) in [6, 6.07) is 5.70. The molecule has 1 N–H and O–H groups in total. The Balaban J connectivity index is 2.27. The molecule has 110 valence electrons. The average Bonchev–Trinajstić information content (AvgIpc) is 2.81. The van der Waals surface area contributed by atoms with Gasteiger partial charge in [0.05, 0.1) is 16.3 Å². The lowest BCUT2D eigenvalue weighted by molar-refractivity contribution is -0.130. The summed E-state index contributed by atoms with van der Waals surface area (Å²) < 4.78 is 23.6. The molecular weight excluding hydrogens is 296 g/mol. The number of carbonyl (C=O) groups excluding carboxylic acids is 1. The molecule has 0 bridgehead atoms. The average molecular weight is 308 g/mol. The number of ketones is 1. The Hall–Kier alpha value is -2.48. The summed E-state index contributed by atoms with van der Waals surface area (Å²) in [6.45, 7) is 3.21. The summed E-state index contributed by atoms with van der Waals surface area (Å²) in [6.07, 6.45) is 1.30. The van der Waals surface area contributed by atoms with E-state index in [4.69, 9.17) is 5.11 Å². The van der Waals surface area contributed by atoms with E-state index in [1.165, 1.54) is 35.4 Å². The van der Waals surface area contributed by atoms with Gasteiger partial charge in [-0.3, -0.25) is 9.80 Å². The SMILES string of the molecule is C=CCS(=O)(=O)c1ccc(N2CC(=O)C(C(=O)O)=N2)cc1. The van der Waals surface area contributed by atoms with Gasteiger partial charge in [0.2, 0.25) is 11.5 Å². The van der Waals surface area contributed by atoms with E-state index in [2.05, 4.69) is 11.7 Å². The lowest BCUT2D eigenvalue weighted by Crippen LogP contribution is -2.23. The first kappa shape index (κ1) is 14.9. The second-order valence-electron chi connectivity index (χ2n) is 4.30. The number of hydrazone groups is 1. The fourth-order valence-electron chi connectivity index (χ4n) is 1.81. The Morgan fingerprint density at radius 3 is 2.48 bits per heavy atom.